The molecule has 0 radical (unpaired) electrons. The number of amides is 1. The summed E-state index contributed by atoms with van der Waals surface area (Å²) in [5.74, 6) is -0.280. The molecular formula is C15H20N2O3. The molecule has 2 saturated carbocycles. The van der Waals surface area contributed by atoms with E-state index in [9.17, 15) is 9.59 Å². The van der Waals surface area contributed by atoms with Gasteiger partial charge in [0.05, 0.1) is 6.10 Å². The summed E-state index contributed by atoms with van der Waals surface area (Å²) in [4.78, 5) is 26.3. The van der Waals surface area contributed by atoms with E-state index in [-0.39, 0.29) is 34.6 Å². The highest BCUT2D eigenvalue weighted by Crippen LogP contribution is 2.57. The molecule has 1 aromatic rings. The van der Waals surface area contributed by atoms with Crippen molar-refractivity contribution in [2.24, 2.45) is 5.41 Å². The fraction of sp³-hybridized carbons (Fsp3) is 0.600. The summed E-state index contributed by atoms with van der Waals surface area (Å²) >= 11 is 0. The van der Waals surface area contributed by atoms with Crippen molar-refractivity contribution in [3.8, 4) is 0 Å². The van der Waals surface area contributed by atoms with Crippen molar-refractivity contribution in [3.63, 3.8) is 0 Å². The largest absolute Gasteiger partial charge is 0.378 e. The van der Waals surface area contributed by atoms with Crippen LogP contribution in [-0.2, 0) is 4.74 Å². The van der Waals surface area contributed by atoms with Gasteiger partial charge >= 0.3 is 0 Å². The Bertz CT molecular complexity index is 562. The number of nitrogens with one attached hydrogen (secondary N) is 2. The molecule has 0 unspecified atom stereocenters. The Kier molecular flexibility index (Phi) is 3.38. The molecule has 5 nitrogen and oxygen atoms in total. The average Bonchev–Trinajstić information content (AvgIpc) is 2.35. The lowest BCUT2D eigenvalue weighted by molar-refractivity contribution is -0.169. The fourth-order valence-corrected chi connectivity index (χ4v) is 3.48. The third-order valence-electron chi connectivity index (χ3n) is 4.81. The fourth-order valence-electron chi connectivity index (χ4n) is 3.48. The molecule has 1 aromatic heterocycles. The predicted octanol–water partition coefficient (Wildman–Crippen LogP) is 1.45. The van der Waals surface area contributed by atoms with Crippen LogP contribution in [0.3, 0.4) is 0 Å². The number of pyridine rings is 1. The van der Waals surface area contributed by atoms with Gasteiger partial charge in [0.25, 0.3) is 11.5 Å². The number of carbonyl (C=O) groups is 1. The predicted molar refractivity (Wildman–Crippen MR) is 74.6 cm³/mol. The first-order chi connectivity index (χ1) is 9.67. The monoisotopic (exact) mass is 276 g/mol. The van der Waals surface area contributed by atoms with Gasteiger partial charge in [0, 0.05) is 24.3 Å². The molecule has 1 heterocycles. The Morgan fingerprint density at radius 1 is 1.55 bits per heavy atom. The zero-order chi connectivity index (χ0) is 14.2. The minimum Gasteiger partial charge on any atom is -0.378 e. The zero-order valence-corrected chi connectivity index (χ0v) is 11.6. The number of aromatic nitrogens is 1. The Labute approximate surface area is 117 Å². The van der Waals surface area contributed by atoms with E-state index in [2.05, 4.69) is 10.3 Å². The zero-order valence-electron chi connectivity index (χ0n) is 11.6. The molecule has 0 saturated heterocycles. The first-order valence-corrected chi connectivity index (χ1v) is 7.27. The minimum absolute atomic E-state index is 0.118. The van der Waals surface area contributed by atoms with E-state index < -0.39 is 0 Å². The molecule has 2 atom stereocenters. The van der Waals surface area contributed by atoms with Crippen LogP contribution in [-0.4, -0.2) is 29.6 Å². The van der Waals surface area contributed by atoms with E-state index >= 15 is 0 Å². The first kappa shape index (κ1) is 13.4. The molecule has 5 heteroatoms. The highest BCUT2D eigenvalue weighted by molar-refractivity contribution is 5.94. The van der Waals surface area contributed by atoms with Crippen LogP contribution in [0, 0.1) is 5.41 Å². The van der Waals surface area contributed by atoms with Crippen LogP contribution in [0.2, 0.25) is 0 Å². The molecule has 108 valence electrons. The van der Waals surface area contributed by atoms with Crippen molar-refractivity contribution in [2.45, 2.75) is 44.8 Å². The van der Waals surface area contributed by atoms with Crippen LogP contribution < -0.4 is 10.9 Å². The number of H-pyrrole nitrogens is 1. The van der Waals surface area contributed by atoms with E-state index in [1.807, 2.05) is 6.92 Å². The van der Waals surface area contributed by atoms with E-state index in [1.165, 1.54) is 12.6 Å². The second kappa shape index (κ2) is 5.05. The number of ether oxygens (including phenoxy) is 1. The van der Waals surface area contributed by atoms with E-state index in [4.69, 9.17) is 4.74 Å². The van der Waals surface area contributed by atoms with Crippen molar-refractivity contribution in [1.82, 2.24) is 10.3 Å². The van der Waals surface area contributed by atoms with Gasteiger partial charge in [0.2, 0.25) is 0 Å². The lowest BCUT2D eigenvalue weighted by Crippen LogP contribution is -2.67. The first-order valence-electron chi connectivity index (χ1n) is 7.27. The Balaban J connectivity index is 1.69. The maximum atomic E-state index is 12.2. The van der Waals surface area contributed by atoms with Crippen molar-refractivity contribution >= 4 is 5.91 Å². The van der Waals surface area contributed by atoms with Gasteiger partial charge in [0.1, 0.15) is 5.56 Å². The highest BCUT2D eigenvalue weighted by Gasteiger charge is 2.59. The smallest absolute Gasteiger partial charge is 0.260 e. The van der Waals surface area contributed by atoms with E-state index in [0.717, 1.165) is 19.3 Å². The standard InChI is InChI=1S/C15H20N2O3/c1-2-20-12-9-11(15(12)6-4-7-15)17-14(19)10-5-3-8-16-13(10)18/h3,5,8,11-12H,2,4,6-7,9H2,1H3,(H,16,18)(H,17,19)/t11-,12-/m1/s1. The normalized spacial score (nSPS) is 26.6. The third-order valence-corrected chi connectivity index (χ3v) is 4.81. The number of hydrogen-bond acceptors (Lipinski definition) is 3. The molecule has 1 spiro atoms. The summed E-state index contributed by atoms with van der Waals surface area (Å²) in [6, 6.07) is 3.36. The Morgan fingerprint density at radius 2 is 2.35 bits per heavy atom. The van der Waals surface area contributed by atoms with Gasteiger partial charge < -0.3 is 15.0 Å². The summed E-state index contributed by atoms with van der Waals surface area (Å²) in [6.45, 7) is 2.72. The SMILES string of the molecule is CCO[C@@H]1C[C@@H](NC(=O)c2ccc[nH]c2=O)C12CCC2. The Hall–Kier alpha value is -1.62. The quantitative estimate of drug-likeness (QED) is 0.874. The molecule has 20 heavy (non-hydrogen) atoms. The maximum absolute atomic E-state index is 12.2. The topological polar surface area (TPSA) is 71.2 Å². The number of aromatic amines is 1. The molecular weight excluding hydrogens is 256 g/mol. The minimum atomic E-state index is -0.339. The van der Waals surface area contributed by atoms with Crippen molar-refractivity contribution in [1.29, 1.82) is 0 Å². The number of rotatable bonds is 4. The van der Waals surface area contributed by atoms with Gasteiger partial charge in [-0.15, -0.1) is 0 Å². The summed E-state index contributed by atoms with van der Waals surface area (Å²) in [5, 5.41) is 3.02. The number of carbonyl (C=O) groups excluding carboxylic acids is 1. The lowest BCUT2D eigenvalue weighted by atomic mass is 9.51. The van der Waals surface area contributed by atoms with E-state index in [0.29, 0.717) is 6.61 Å². The molecule has 1 amide bonds. The van der Waals surface area contributed by atoms with Gasteiger partial charge in [-0.2, -0.15) is 0 Å². The maximum Gasteiger partial charge on any atom is 0.260 e. The van der Waals surface area contributed by atoms with Crippen molar-refractivity contribution < 1.29 is 9.53 Å². The Morgan fingerprint density at radius 3 is 2.95 bits per heavy atom. The van der Waals surface area contributed by atoms with Crippen molar-refractivity contribution in [3.05, 3.63) is 34.2 Å². The molecule has 2 aliphatic rings. The average molecular weight is 276 g/mol. The van der Waals surface area contributed by atoms with Gasteiger partial charge in [-0.1, -0.05) is 6.42 Å². The number of hydrogen-bond donors (Lipinski definition) is 2. The second-order valence-corrected chi connectivity index (χ2v) is 5.71. The molecule has 0 bridgehead atoms. The van der Waals surface area contributed by atoms with Gasteiger partial charge in [-0.05, 0) is 38.3 Å². The van der Waals surface area contributed by atoms with Crippen molar-refractivity contribution in [2.75, 3.05) is 6.61 Å². The molecule has 0 aromatic carbocycles. The highest BCUT2D eigenvalue weighted by atomic mass is 16.5. The molecule has 2 fully saturated rings. The molecule has 0 aliphatic heterocycles. The summed E-state index contributed by atoms with van der Waals surface area (Å²) < 4.78 is 5.76. The van der Waals surface area contributed by atoms with E-state index in [1.54, 1.807) is 12.1 Å². The van der Waals surface area contributed by atoms with Crippen LogP contribution >= 0.6 is 0 Å². The third kappa shape index (κ3) is 1.97. The van der Waals surface area contributed by atoms with Gasteiger partial charge in [-0.3, -0.25) is 9.59 Å². The van der Waals surface area contributed by atoms with Crippen LogP contribution in [0.5, 0.6) is 0 Å². The van der Waals surface area contributed by atoms with Crippen LogP contribution in [0.25, 0.3) is 0 Å². The molecule has 2 N–H and O–H groups in total. The lowest BCUT2D eigenvalue weighted by Gasteiger charge is -2.60. The second-order valence-electron chi connectivity index (χ2n) is 5.71. The van der Waals surface area contributed by atoms with Crippen LogP contribution in [0.1, 0.15) is 43.0 Å². The summed E-state index contributed by atoms with van der Waals surface area (Å²) in [7, 11) is 0. The van der Waals surface area contributed by atoms with Crippen LogP contribution in [0.15, 0.2) is 23.1 Å². The summed E-state index contributed by atoms with van der Waals surface area (Å²) in [6.07, 6.45) is 6.05. The summed E-state index contributed by atoms with van der Waals surface area (Å²) in [5.41, 5.74) is -0.0390. The van der Waals surface area contributed by atoms with Gasteiger partial charge in [0.15, 0.2) is 0 Å². The molecule has 2 aliphatic carbocycles. The molecule has 3 rings (SSSR count). The van der Waals surface area contributed by atoms with Crippen LogP contribution in [0.4, 0.5) is 0 Å². The van der Waals surface area contributed by atoms with Gasteiger partial charge in [-0.25, -0.2) is 0 Å².